The summed E-state index contributed by atoms with van der Waals surface area (Å²) in [6.45, 7) is 2.91. The molecule has 2 aliphatic heterocycles. The summed E-state index contributed by atoms with van der Waals surface area (Å²) < 4.78 is 5.36. The Balaban J connectivity index is 1.72. The molecule has 3 heterocycles. The fraction of sp³-hybridized carbons (Fsp3) is 0.526. The van der Waals surface area contributed by atoms with E-state index in [1.165, 1.54) is 5.56 Å². The Morgan fingerprint density at radius 3 is 2.65 bits per heavy atom. The smallest absolute Gasteiger partial charge is 0.336 e. The van der Waals surface area contributed by atoms with E-state index in [-0.39, 0.29) is 11.7 Å². The maximum atomic E-state index is 11.9. The van der Waals surface area contributed by atoms with Gasteiger partial charge in [-0.3, -0.25) is 4.90 Å². The van der Waals surface area contributed by atoms with E-state index in [1.54, 1.807) is 6.07 Å². The van der Waals surface area contributed by atoms with Crippen molar-refractivity contribution in [2.24, 2.45) is 0 Å². The maximum absolute atomic E-state index is 11.9. The van der Waals surface area contributed by atoms with Gasteiger partial charge in [-0.05, 0) is 55.4 Å². The van der Waals surface area contributed by atoms with Crippen molar-refractivity contribution in [3.05, 3.63) is 45.8 Å². The molecule has 4 rings (SSSR count). The average molecular weight is 313 g/mol. The van der Waals surface area contributed by atoms with E-state index >= 15 is 0 Å². The molecule has 122 valence electrons. The summed E-state index contributed by atoms with van der Waals surface area (Å²) in [6, 6.07) is 8.62. The van der Waals surface area contributed by atoms with E-state index in [0.717, 1.165) is 49.6 Å². The van der Waals surface area contributed by atoms with Crippen LogP contribution in [0.1, 0.15) is 43.7 Å². The lowest BCUT2D eigenvalue weighted by Gasteiger charge is -2.37. The number of fused-ring (bicyclic) bond motifs is 3. The van der Waals surface area contributed by atoms with Gasteiger partial charge in [0.1, 0.15) is 5.58 Å². The molecule has 4 heteroatoms. The summed E-state index contributed by atoms with van der Waals surface area (Å²) in [7, 11) is 0. The van der Waals surface area contributed by atoms with Crippen molar-refractivity contribution in [3.63, 3.8) is 0 Å². The van der Waals surface area contributed by atoms with Gasteiger partial charge in [-0.25, -0.2) is 4.79 Å². The minimum Gasteiger partial charge on any atom is -0.423 e. The van der Waals surface area contributed by atoms with Crippen molar-refractivity contribution in [1.29, 1.82) is 0 Å². The fourth-order valence-electron chi connectivity index (χ4n) is 4.33. The molecule has 2 fully saturated rings. The lowest BCUT2D eigenvalue weighted by atomic mass is 9.98. The highest BCUT2D eigenvalue weighted by Crippen LogP contribution is 2.37. The number of hydrogen-bond acceptors (Lipinski definition) is 4. The molecule has 1 aromatic heterocycles. The van der Waals surface area contributed by atoms with Gasteiger partial charge in [0.25, 0.3) is 0 Å². The molecule has 23 heavy (non-hydrogen) atoms. The molecule has 3 atom stereocenters. The number of aryl methyl sites for hydroxylation is 1. The SMILES string of the molecule is CCc1ccc2oc(=O)cc(CN3[C@@H]4CC[C@H]3CC(O)C4)c2c1. The zero-order valence-corrected chi connectivity index (χ0v) is 13.5. The summed E-state index contributed by atoms with van der Waals surface area (Å²) in [6.07, 6.45) is 4.83. The molecule has 4 nitrogen and oxygen atoms in total. The molecule has 2 aromatic rings. The Hall–Kier alpha value is -1.65. The molecular formula is C19H23NO3. The molecule has 0 radical (unpaired) electrons. The van der Waals surface area contributed by atoms with E-state index in [2.05, 4.69) is 17.9 Å². The van der Waals surface area contributed by atoms with E-state index in [1.807, 2.05) is 12.1 Å². The van der Waals surface area contributed by atoms with Crippen LogP contribution in [-0.2, 0) is 13.0 Å². The lowest BCUT2D eigenvalue weighted by Crippen LogP contribution is -2.44. The van der Waals surface area contributed by atoms with Crippen LogP contribution in [0.15, 0.2) is 33.5 Å². The molecule has 1 N–H and O–H groups in total. The second kappa shape index (κ2) is 5.77. The normalized spacial score (nSPS) is 27.7. The predicted molar refractivity (Wildman–Crippen MR) is 89.5 cm³/mol. The van der Waals surface area contributed by atoms with Crippen LogP contribution in [0, 0.1) is 0 Å². The second-order valence-electron chi connectivity index (χ2n) is 6.96. The van der Waals surface area contributed by atoms with Crippen LogP contribution in [0.2, 0.25) is 0 Å². The molecule has 2 aliphatic rings. The molecule has 1 unspecified atom stereocenters. The Labute approximate surface area is 135 Å². The minimum atomic E-state index is -0.277. The average Bonchev–Trinajstić information content (AvgIpc) is 2.77. The first-order chi connectivity index (χ1) is 11.1. The highest BCUT2D eigenvalue weighted by Gasteiger charge is 2.40. The number of aliphatic hydroxyl groups is 1. The van der Waals surface area contributed by atoms with Gasteiger partial charge in [0.05, 0.1) is 6.10 Å². The summed E-state index contributed by atoms with van der Waals surface area (Å²) in [5.41, 5.74) is 2.71. The third-order valence-electron chi connectivity index (χ3n) is 5.51. The van der Waals surface area contributed by atoms with E-state index in [9.17, 15) is 9.90 Å². The van der Waals surface area contributed by atoms with Crippen LogP contribution in [0.3, 0.4) is 0 Å². The molecule has 0 aliphatic carbocycles. The van der Waals surface area contributed by atoms with E-state index < -0.39 is 0 Å². The zero-order valence-electron chi connectivity index (χ0n) is 13.5. The molecular weight excluding hydrogens is 290 g/mol. The van der Waals surface area contributed by atoms with Gasteiger partial charge in [-0.1, -0.05) is 13.0 Å². The number of aliphatic hydroxyl groups excluding tert-OH is 1. The van der Waals surface area contributed by atoms with Crippen LogP contribution in [-0.4, -0.2) is 28.2 Å². The topological polar surface area (TPSA) is 53.7 Å². The van der Waals surface area contributed by atoms with Crippen molar-refractivity contribution >= 4 is 11.0 Å². The second-order valence-corrected chi connectivity index (χ2v) is 6.96. The van der Waals surface area contributed by atoms with Crippen molar-refractivity contribution in [1.82, 2.24) is 4.90 Å². The standard InChI is InChI=1S/C19H23NO3/c1-2-12-3-6-18-17(7-12)13(8-19(22)23-18)11-20-14-4-5-15(20)10-16(21)9-14/h3,6-8,14-16,21H,2,4-5,9-11H2,1H3/t14-,15+,16?. The highest BCUT2D eigenvalue weighted by molar-refractivity contribution is 5.80. The lowest BCUT2D eigenvalue weighted by molar-refractivity contribution is 0.0312. The summed E-state index contributed by atoms with van der Waals surface area (Å²) in [5.74, 6) is 0. The molecule has 0 spiro atoms. The fourth-order valence-corrected chi connectivity index (χ4v) is 4.33. The first kappa shape index (κ1) is 14.9. The van der Waals surface area contributed by atoms with E-state index in [0.29, 0.717) is 17.7 Å². The molecule has 0 saturated carbocycles. The number of rotatable bonds is 3. The number of nitrogens with zero attached hydrogens (tertiary/aromatic N) is 1. The van der Waals surface area contributed by atoms with Crippen molar-refractivity contribution in [3.8, 4) is 0 Å². The number of hydrogen-bond donors (Lipinski definition) is 1. The van der Waals surface area contributed by atoms with Gasteiger partial charge < -0.3 is 9.52 Å². The summed E-state index contributed by atoms with van der Waals surface area (Å²) in [5, 5.41) is 11.0. The Bertz CT molecular complexity index is 768. The zero-order chi connectivity index (χ0) is 16.0. The third kappa shape index (κ3) is 2.70. The van der Waals surface area contributed by atoms with Gasteiger partial charge in [-0.2, -0.15) is 0 Å². The van der Waals surface area contributed by atoms with E-state index in [4.69, 9.17) is 4.42 Å². The Morgan fingerprint density at radius 2 is 1.96 bits per heavy atom. The van der Waals surface area contributed by atoms with Crippen molar-refractivity contribution in [2.75, 3.05) is 0 Å². The highest BCUT2D eigenvalue weighted by atomic mass is 16.4. The monoisotopic (exact) mass is 313 g/mol. The van der Waals surface area contributed by atoms with Gasteiger partial charge in [-0.15, -0.1) is 0 Å². The Morgan fingerprint density at radius 1 is 1.22 bits per heavy atom. The summed E-state index contributed by atoms with van der Waals surface area (Å²) in [4.78, 5) is 14.4. The minimum absolute atomic E-state index is 0.159. The quantitative estimate of drug-likeness (QED) is 0.885. The predicted octanol–water partition coefficient (Wildman–Crippen LogP) is 2.84. The molecule has 1 aromatic carbocycles. The van der Waals surface area contributed by atoms with Gasteiger partial charge >= 0.3 is 5.63 Å². The van der Waals surface area contributed by atoms with Crippen LogP contribution in [0.5, 0.6) is 0 Å². The summed E-state index contributed by atoms with van der Waals surface area (Å²) >= 11 is 0. The maximum Gasteiger partial charge on any atom is 0.336 e. The number of piperidine rings is 1. The van der Waals surface area contributed by atoms with Crippen LogP contribution in [0.4, 0.5) is 0 Å². The van der Waals surface area contributed by atoms with Crippen LogP contribution in [0.25, 0.3) is 11.0 Å². The van der Waals surface area contributed by atoms with Crippen molar-refractivity contribution in [2.45, 2.75) is 63.8 Å². The molecule has 0 amide bonds. The number of benzene rings is 1. The molecule has 2 bridgehead atoms. The Kier molecular flexibility index (Phi) is 3.74. The van der Waals surface area contributed by atoms with Crippen LogP contribution >= 0.6 is 0 Å². The first-order valence-electron chi connectivity index (χ1n) is 8.63. The molecule has 2 saturated heterocycles. The van der Waals surface area contributed by atoms with Gasteiger partial charge in [0.2, 0.25) is 0 Å². The largest absolute Gasteiger partial charge is 0.423 e. The van der Waals surface area contributed by atoms with Gasteiger partial charge in [0.15, 0.2) is 0 Å². The van der Waals surface area contributed by atoms with Crippen LogP contribution < -0.4 is 5.63 Å². The van der Waals surface area contributed by atoms with Crippen molar-refractivity contribution < 1.29 is 9.52 Å². The third-order valence-corrected chi connectivity index (χ3v) is 5.51. The van der Waals surface area contributed by atoms with Gasteiger partial charge in [0, 0.05) is 30.1 Å². The first-order valence-corrected chi connectivity index (χ1v) is 8.63.